The molecule has 1 saturated heterocycles. The van der Waals surface area contributed by atoms with Gasteiger partial charge in [-0.2, -0.15) is 0 Å². The van der Waals surface area contributed by atoms with Gasteiger partial charge < -0.3 is 14.2 Å². The average molecular weight is 332 g/mol. The molecule has 0 N–H and O–H groups in total. The van der Waals surface area contributed by atoms with Gasteiger partial charge in [0.15, 0.2) is 0 Å². The molecule has 8 unspecified atom stereocenters. The molecule has 130 valence electrons. The summed E-state index contributed by atoms with van der Waals surface area (Å²) in [5, 5.41) is 0. The zero-order valence-corrected chi connectivity index (χ0v) is 14.0. The molecule has 0 aromatic heterocycles. The van der Waals surface area contributed by atoms with Gasteiger partial charge in [-0.05, 0) is 55.3 Å². The summed E-state index contributed by atoms with van der Waals surface area (Å²) in [6, 6.07) is 0. The summed E-state index contributed by atoms with van der Waals surface area (Å²) < 4.78 is 16.3. The van der Waals surface area contributed by atoms with Crippen molar-refractivity contribution in [1.82, 2.24) is 0 Å². The van der Waals surface area contributed by atoms with Crippen LogP contribution in [-0.2, 0) is 23.8 Å². The first-order chi connectivity index (χ1) is 11.7. The largest absolute Gasteiger partial charge is 0.469 e. The Balaban J connectivity index is 1.41. The maximum Gasteiger partial charge on any atom is 0.312 e. The smallest absolute Gasteiger partial charge is 0.312 e. The van der Waals surface area contributed by atoms with E-state index in [0.29, 0.717) is 18.4 Å². The van der Waals surface area contributed by atoms with Crippen LogP contribution in [0.1, 0.15) is 32.1 Å². The van der Waals surface area contributed by atoms with E-state index in [1.807, 2.05) is 0 Å². The van der Waals surface area contributed by atoms with Crippen LogP contribution in [0.4, 0.5) is 0 Å². The van der Waals surface area contributed by atoms with Gasteiger partial charge >= 0.3 is 11.9 Å². The number of ether oxygens (including phenoxy) is 3. The Labute approximate surface area is 141 Å². The van der Waals surface area contributed by atoms with Crippen LogP contribution < -0.4 is 0 Å². The van der Waals surface area contributed by atoms with Gasteiger partial charge in [0.25, 0.3) is 0 Å². The highest BCUT2D eigenvalue weighted by Crippen LogP contribution is 2.74. The van der Waals surface area contributed by atoms with Crippen LogP contribution in [0.2, 0.25) is 0 Å². The standard InChI is InChI=1S/C19H24O5/c1-22-18(21)19-11-5-4-10(7-11)16(19)13-8-12(19)9-14(13)17(20)24-15-3-2-6-23-15/h4-5,10-16H,2-3,6-9H2,1H3. The molecule has 5 rings (SSSR count). The fraction of sp³-hybridized carbons (Fsp3) is 0.789. The molecule has 5 nitrogen and oxygen atoms in total. The lowest BCUT2D eigenvalue weighted by molar-refractivity contribution is -0.182. The number of allylic oxidation sites excluding steroid dienone is 2. The highest BCUT2D eigenvalue weighted by atomic mass is 16.7. The zero-order chi connectivity index (χ0) is 16.5. The van der Waals surface area contributed by atoms with E-state index in [4.69, 9.17) is 14.2 Å². The van der Waals surface area contributed by atoms with Gasteiger partial charge in [-0.3, -0.25) is 9.59 Å². The lowest BCUT2D eigenvalue weighted by atomic mass is 9.58. The predicted octanol–water partition coefficient (Wildman–Crippen LogP) is 2.30. The van der Waals surface area contributed by atoms with Crippen LogP contribution in [-0.4, -0.2) is 31.9 Å². The average Bonchev–Trinajstić information content (AvgIpc) is 3.37. The summed E-state index contributed by atoms with van der Waals surface area (Å²) >= 11 is 0. The van der Waals surface area contributed by atoms with Gasteiger partial charge in [-0.1, -0.05) is 12.2 Å². The van der Waals surface area contributed by atoms with E-state index in [2.05, 4.69) is 12.2 Å². The number of rotatable bonds is 3. The van der Waals surface area contributed by atoms with Crippen molar-refractivity contribution in [3.63, 3.8) is 0 Å². The minimum Gasteiger partial charge on any atom is -0.469 e. The molecule has 4 aliphatic carbocycles. The minimum atomic E-state index is -0.376. The van der Waals surface area contributed by atoms with Crippen molar-refractivity contribution in [2.45, 2.75) is 38.4 Å². The number of methoxy groups -OCH3 is 1. The van der Waals surface area contributed by atoms with E-state index in [1.54, 1.807) is 0 Å². The Kier molecular flexibility index (Phi) is 3.16. The SMILES string of the molecule is COC(=O)C12C3C=CC(C3)C1C1CC2CC1C(=O)OC1CCCO1. The third kappa shape index (κ3) is 1.69. The molecule has 5 aliphatic rings. The van der Waals surface area contributed by atoms with E-state index in [-0.39, 0.29) is 47.3 Å². The fourth-order valence-electron chi connectivity index (χ4n) is 6.81. The summed E-state index contributed by atoms with van der Waals surface area (Å²) in [5.41, 5.74) is -0.376. The Hall–Kier alpha value is -1.36. The molecule has 0 aromatic rings. The van der Waals surface area contributed by atoms with Crippen LogP contribution in [0.25, 0.3) is 0 Å². The second-order valence-corrected chi connectivity index (χ2v) is 8.16. The van der Waals surface area contributed by atoms with Crippen molar-refractivity contribution in [1.29, 1.82) is 0 Å². The van der Waals surface area contributed by atoms with E-state index >= 15 is 0 Å². The summed E-state index contributed by atoms with van der Waals surface area (Å²) in [4.78, 5) is 25.5. The first-order valence-corrected chi connectivity index (χ1v) is 9.25. The molecule has 0 radical (unpaired) electrons. The fourth-order valence-corrected chi connectivity index (χ4v) is 6.81. The molecular weight excluding hydrogens is 308 g/mol. The molecule has 3 saturated carbocycles. The van der Waals surface area contributed by atoms with Crippen molar-refractivity contribution >= 4 is 11.9 Å². The van der Waals surface area contributed by atoms with Gasteiger partial charge in [0, 0.05) is 6.42 Å². The molecular formula is C19H24O5. The van der Waals surface area contributed by atoms with Crippen LogP contribution in [0.3, 0.4) is 0 Å². The van der Waals surface area contributed by atoms with Crippen molar-refractivity contribution in [2.24, 2.45) is 40.9 Å². The van der Waals surface area contributed by atoms with Crippen LogP contribution in [0.5, 0.6) is 0 Å². The zero-order valence-electron chi connectivity index (χ0n) is 14.0. The Morgan fingerprint density at radius 3 is 2.83 bits per heavy atom. The summed E-state index contributed by atoms with van der Waals surface area (Å²) in [5.74, 6) is 1.23. The quantitative estimate of drug-likeness (QED) is 0.451. The first-order valence-electron chi connectivity index (χ1n) is 9.25. The monoisotopic (exact) mass is 332 g/mol. The lowest BCUT2D eigenvalue weighted by Crippen LogP contribution is -2.50. The van der Waals surface area contributed by atoms with E-state index in [1.165, 1.54) is 7.11 Å². The van der Waals surface area contributed by atoms with Crippen molar-refractivity contribution in [3.05, 3.63) is 12.2 Å². The summed E-state index contributed by atoms with van der Waals surface area (Å²) in [6.07, 6.45) is 8.64. The van der Waals surface area contributed by atoms with E-state index in [0.717, 1.165) is 32.1 Å². The topological polar surface area (TPSA) is 61.8 Å². The van der Waals surface area contributed by atoms with Crippen molar-refractivity contribution in [3.8, 4) is 0 Å². The molecule has 4 fully saturated rings. The number of esters is 2. The van der Waals surface area contributed by atoms with Gasteiger partial charge in [0.05, 0.1) is 25.0 Å². The van der Waals surface area contributed by atoms with Gasteiger partial charge in [-0.25, -0.2) is 0 Å². The number of fused-ring (bicyclic) bond motifs is 9. The number of hydrogen-bond donors (Lipinski definition) is 0. The third-order valence-corrected chi connectivity index (χ3v) is 7.47. The van der Waals surface area contributed by atoms with Gasteiger partial charge in [0.2, 0.25) is 6.29 Å². The number of hydrogen-bond acceptors (Lipinski definition) is 5. The van der Waals surface area contributed by atoms with Crippen molar-refractivity contribution < 1.29 is 23.8 Å². The lowest BCUT2D eigenvalue weighted by Gasteiger charge is -2.44. The molecule has 8 atom stereocenters. The first kappa shape index (κ1) is 14.9. The van der Waals surface area contributed by atoms with E-state index in [9.17, 15) is 9.59 Å². The molecule has 0 amide bonds. The van der Waals surface area contributed by atoms with Gasteiger partial charge in [-0.15, -0.1) is 0 Å². The molecule has 24 heavy (non-hydrogen) atoms. The predicted molar refractivity (Wildman–Crippen MR) is 83.4 cm³/mol. The molecule has 0 spiro atoms. The highest BCUT2D eigenvalue weighted by molar-refractivity contribution is 5.82. The highest BCUT2D eigenvalue weighted by Gasteiger charge is 2.74. The molecule has 4 bridgehead atoms. The molecule has 1 aliphatic heterocycles. The summed E-state index contributed by atoms with van der Waals surface area (Å²) in [6.45, 7) is 0.678. The molecule has 5 heteroatoms. The van der Waals surface area contributed by atoms with Crippen LogP contribution in [0.15, 0.2) is 12.2 Å². The van der Waals surface area contributed by atoms with Crippen molar-refractivity contribution in [2.75, 3.05) is 13.7 Å². The second kappa shape index (κ2) is 5.07. The maximum absolute atomic E-state index is 12.8. The normalized spacial score (nSPS) is 50.3. The Morgan fingerprint density at radius 2 is 2.08 bits per heavy atom. The van der Waals surface area contributed by atoms with Gasteiger partial charge in [0.1, 0.15) is 0 Å². The van der Waals surface area contributed by atoms with E-state index < -0.39 is 0 Å². The molecule has 0 aromatic carbocycles. The minimum absolute atomic E-state index is 0.0530. The number of carbonyl (C=O) groups is 2. The third-order valence-electron chi connectivity index (χ3n) is 7.47. The number of carbonyl (C=O) groups excluding carboxylic acids is 2. The Bertz CT molecular complexity index is 607. The Morgan fingerprint density at radius 1 is 1.21 bits per heavy atom. The maximum atomic E-state index is 12.8. The summed E-state index contributed by atoms with van der Waals surface area (Å²) in [7, 11) is 1.50. The van der Waals surface area contributed by atoms with Crippen LogP contribution >= 0.6 is 0 Å². The second-order valence-electron chi connectivity index (χ2n) is 8.16. The van der Waals surface area contributed by atoms with Crippen LogP contribution in [0, 0.1) is 40.9 Å². The molecule has 1 heterocycles.